The van der Waals surface area contributed by atoms with E-state index in [9.17, 15) is 9.50 Å². The first-order valence-electron chi connectivity index (χ1n) is 5.54. The summed E-state index contributed by atoms with van der Waals surface area (Å²) in [5, 5.41) is 10.1. The van der Waals surface area contributed by atoms with Crippen molar-refractivity contribution in [2.24, 2.45) is 11.8 Å². The topological polar surface area (TPSA) is 20.2 Å². The van der Waals surface area contributed by atoms with Crippen molar-refractivity contribution in [3.8, 4) is 0 Å². The molecule has 3 heteroatoms. The molecular weight excluding hydrogens is 227 g/mol. The summed E-state index contributed by atoms with van der Waals surface area (Å²) in [6, 6.07) is 4.67. The Balaban J connectivity index is 2.94. The summed E-state index contributed by atoms with van der Waals surface area (Å²) >= 11 is 5.96. The lowest BCUT2D eigenvalue weighted by Crippen LogP contribution is -2.25. The van der Waals surface area contributed by atoms with E-state index in [0.29, 0.717) is 17.0 Å². The Morgan fingerprint density at radius 2 is 1.94 bits per heavy atom. The molecule has 0 fully saturated rings. The van der Waals surface area contributed by atoms with Crippen molar-refractivity contribution < 1.29 is 9.50 Å². The summed E-state index contributed by atoms with van der Waals surface area (Å²) < 4.78 is 13.6. The van der Waals surface area contributed by atoms with Crippen LogP contribution in [0.2, 0.25) is 5.02 Å². The number of halogens is 2. The minimum atomic E-state index is -0.462. The zero-order chi connectivity index (χ0) is 12.3. The highest BCUT2D eigenvalue weighted by molar-refractivity contribution is 6.31. The van der Waals surface area contributed by atoms with Crippen molar-refractivity contribution in [2.45, 2.75) is 33.3 Å². The highest BCUT2D eigenvalue weighted by atomic mass is 35.5. The van der Waals surface area contributed by atoms with Gasteiger partial charge in [0.15, 0.2) is 0 Å². The molecule has 1 nitrogen and oxygen atoms in total. The SMILES string of the molecule is CC(C)C(Cc1c(F)cccc1Cl)C(C)O. The Bertz CT molecular complexity index is 322. The molecular formula is C13H18ClFO. The van der Waals surface area contributed by atoms with Gasteiger partial charge in [0.1, 0.15) is 5.82 Å². The second-order valence-corrected chi connectivity index (χ2v) is 4.96. The van der Waals surface area contributed by atoms with Crippen molar-refractivity contribution in [3.63, 3.8) is 0 Å². The molecule has 1 aromatic carbocycles. The van der Waals surface area contributed by atoms with Gasteiger partial charge in [-0.15, -0.1) is 0 Å². The molecule has 0 bridgehead atoms. The van der Waals surface area contributed by atoms with Crippen LogP contribution in [0, 0.1) is 17.7 Å². The second-order valence-electron chi connectivity index (χ2n) is 4.55. The summed E-state index contributed by atoms with van der Waals surface area (Å²) in [4.78, 5) is 0. The van der Waals surface area contributed by atoms with E-state index in [2.05, 4.69) is 0 Å². The summed E-state index contributed by atoms with van der Waals surface area (Å²) in [6.07, 6.45) is 0.0107. The predicted molar refractivity (Wildman–Crippen MR) is 65.1 cm³/mol. The monoisotopic (exact) mass is 244 g/mol. The largest absolute Gasteiger partial charge is 0.393 e. The van der Waals surface area contributed by atoms with Gasteiger partial charge >= 0.3 is 0 Å². The van der Waals surface area contributed by atoms with E-state index in [1.54, 1.807) is 19.1 Å². The van der Waals surface area contributed by atoms with Crippen molar-refractivity contribution in [1.29, 1.82) is 0 Å². The van der Waals surface area contributed by atoms with Gasteiger partial charge in [0.05, 0.1) is 6.10 Å². The van der Waals surface area contributed by atoms with E-state index in [1.165, 1.54) is 6.07 Å². The molecule has 2 unspecified atom stereocenters. The molecule has 0 spiro atoms. The van der Waals surface area contributed by atoms with Gasteiger partial charge in [-0.1, -0.05) is 31.5 Å². The smallest absolute Gasteiger partial charge is 0.127 e. The van der Waals surface area contributed by atoms with Gasteiger partial charge in [-0.3, -0.25) is 0 Å². The van der Waals surface area contributed by atoms with E-state index in [4.69, 9.17) is 11.6 Å². The van der Waals surface area contributed by atoms with Crippen LogP contribution >= 0.6 is 11.6 Å². The van der Waals surface area contributed by atoms with Gasteiger partial charge < -0.3 is 5.11 Å². The minimum absolute atomic E-state index is 0.0226. The zero-order valence-corrected chi connectivity index (χ0v) is 10.6. The molecule has 1 rings (SSSR count). The quantitative estimate of drug-likeness (QED) is 0.857. The first kappa shape index (κ1) is 13.5. The Hall–Kier alpha value is -0.600. The van der Waals surface area contributed by atoms with E-state index in [0.717, 1.165) is 0 Å². The van der Waals surface area contributed by atoms with Crippen LogP contribution in [0.5, 0.6) is 0 Å². The summed E-state index contributed by atoms with van der Waals surface area (Å²) in [5.74, 6) is 0.0175. The number of hydrogen-bond donors (Lipinski definition) is 1. The molecule has 0 radical (unpaired) electrons. The maximum atomic E-state index is 13.6. The molecule has 0 aromatic heterocycles. The lowest BCUT2D eigenvalue weighted by Gasteiger charge is -2.24. The van der Waals surface area contributed by atoms with Crippen LogP contribution < -0.4 is 0 Å². The van der Waals surface area contributed by atoms with Crippen LogP contribution in [-0.2, 0) is 6.42 Å². The lowest BCUT2D eigenvalue weighted by molar-refractivity contribution is 0.0972. The Morgan fingerprint density at radius 3 is 2.38 bits per heavy atom. The molecule has 0 aliphatic heterocycles. The molecule has 0 aliphatic rings. The second kappa shape index (κ2) is 5.65. The molecule has 1 N–H and O–H groups in total. The van der Waals surface area contributed by atoms with Crippen molar-refractivity contribution in [1.82, 2.24) is 0 Å². The van der Waals surface area contributed by atoms with Gasteiger partial charge in [-0.05, 0) is 37.3 Å². The Labute approximate surface area is 101 Å². The van der Waals surface area contributed by atoms with E-state index in [-0.39, 0.29) is 17.7 Å². The Morgan fingerprint density at radius 1 is 1.31 bits per heavy atom. The van der Waals surface area contributed by atoms with Crippen LogP contribution in [0.3, 0.4) is 0 Å². The van der Waals surface area contributed by atoms with Gasteiger partial charge in [0, 0.05) is 10.6 Å². The first-order chi connectivity index (χ1) is 7.43. The molecule has 16 heavy (non-hydrogen) atoms. The standard InChI is InChI=1S/C13H18ClFO/c1-8(2)10(9(3)16)7-11-12(14)5-4-6-13(11)15/h4-6,8-10,16H,7H2,1-3H3. The highest BCUT2D eigenvalue weighted by Gasteiger charge is 2.22. The summed E-state index contributed by atoms with van der Waals surface area (Å²) in [5.41, 5.74) is 0.503. The fraction of sp³-hybridized carbons (Fsp3) is 0.538. The summed E-state index contributed by atoms with van der Waals surface area (Å²) in [6.45, 7) is 5.78. The van der Waals surface area contributed by atoms with Crippen LogP contribution in [-0.4, -0.2) is 11.2 Å². The average molecular weight is 245 g/mol. The molecule has 0 saturated carbocycles. The molecule has 0 heterocycles. The number of rotatable bonds is 4. The molecule has 90 valence electrons. The van der Waals surface area contributed by atoms with E-state index >= 15 is 0 Å². The number of hydrogen-bond acceptors (Lipinski definition) is 1. The fourth-order valence-corrected chi connectivity index (χ4v) is 2.17. The number of aliphatic hydroxyl groups is 1. The first-order valence-corrected chi connectivity index (χ1v) is 5.92. The van der Waals surface area contributed by atoms with Crippen LogP contribution in [0.15, 0.2) is 18.2 Å². The molecule has 0 aliphatic carbocycles. The summed E-state index contributed by atoms with van der Waals surface area (Å²) in [7, 11) is 0. The van der Waals surface area contributed by atoms with E-state index in [1.807, 2.05) is 13.8 Å². The van der Waals surface area contributed by atoms with Crippen LogP contribution in [0.1, 0.15) is 26.3 Å². The van der Waals surface area contributed by atoms with Crippen molar-refractivity contribution >= 4 is 11.6 Å². The lowest BCUT2D eigenvalue weighted by atomic mass is 9.85. The maximum Gasteiger partial charge on any atom is 0.127 e. The maximum absolute atomic E-state index is 13.6. The van der Waals surface area contributed by atoms with Crippen LogP contribution in [0.25, 0.3) is 0 Å². The normalized spacial score (nSPS) is 15.2. The third kappa shape index (κ3) is 3.19. The average Bonchev–Trinajstić information content (AvgIpc) is 2.15. The Kier molecular flexibility index (Phi) is 4.75. The number of benzene rings is 1. The highest BCUT2D eigenvalue weighted by Crippen LogP contribution is 2.27. The van der Waals surface area contributed by atoms with Gasteiger partial charge in [-0.25, -0.2) is 4.39 Å². The third-order valence-electron chi connectivity index (χ3n) is 2.98. The van der Waals surface area contributed by atoms with Crippen LogP contribution in [0.4, 0.5) is 4.39 Å². The number of aliphatic hydroxyl groups excluding tert-OH is 1. The third-order valence-corrected chi connectivity index (χ3v) is 3.33. The van der Waals surface area contributed by atoms with Gasteiger partial charge in [0.25, 0.3) is 0 Å². The minimum Gasteiger partial charge on any atom is -0.393 e. The van der Waals surface area contributed by atoms with E-state index < -0.39 is 6.10 Å². The molecule has 0 amide bonds. The predicted octanol–water partition coefficient (Wildman–Crippen LogP) is 3.67. The van der Waals surface area contributed by atoms with Gasteiger partial charge in [-0.2, -0.15) is 0 Å². The molecule has 2 atom stereocenters. The van der Waals surface area contributed by atoms with Crippen molar-refractivity contribution in [3.05, 3.63) is 34.6 Å². The zero-order valence-electron chi connectivity index (χ0n) is 9.87. The van der Waals surface area contributed by atoms with Gasteiger partial charge in [0.2, 0.25) is 0 Å². The fourth-order valence-electron chi connectivity index (χ4n) is 1.93. The molecule has 1 aromatic rings. The molecule has 0 saturated heterocycles. The van der Waals surface area contributed by atoms with Crippen molar-refractivity contribution in [2.75, 3.05) is 0 Å².